The van der Waals surface area contributed by atoms with E-state index in [1.54, 1.807) is 0 Å². The predicted octanol–water partition coefficient (Wildman–Crippen LogP) is 1.48. The second-order valence-electron chi connectivity index (χ2n) is 7.45. The van der Waals surface area contributed by atoms with Gasteiger partial charge < -0.3 is 30.3 Å². The summed E-state index contributed by atoms with van der Waals surface area (Å²) in [6.07, 6.45) is 8.51. The molecule has 0 rings (SSSR count). The van der Waals surface area contributed by atoms with Crippen molar-refractivity contribution >= 4 is 47.5 Å². The quantitative estimate of drug-likeness (QED) is 0.0940. The third-order valence-corrected chi connectivity index (χ3v) is 4.40. The normalized spacial score (nSPS) is 10.3. The number of esters is 1. The third-order valence-electron chi connectivity index (χ3n) is 4.40. The number of carboxylic acid groups (broad SMARTS) is 2. The Hall–Kier alpha value is -0.970. The van der Waals surface area contributed by atoms with E-state index in [-0.39, 0.29) is 54.6 Å². The number of carbonyl (C=O) groups is 3. The van der Waals surface area contributed by atoms with Crippen LogP contribution in [0, 0.1) is 5.41 Å². The average molecular weight is 459 g/mol. The van der Waals surface area contributed by atoms with E-state index in [0.29, 0.717) is 0 Å². The van der Waals surface area contributed by atoms with Crippen LogP contribution < -0.4 is 0 Å². The molecule has 0 aromatic rings. The Balaban J connectivity index is -0.000000494. The summed E-state index contributed by atoms with van der Waals surface area (Å²) in [6.45, 7) is 3.26. The maximum absolute atomic E-state index is 11.0. The zero-order valence-electron chi connectivity index (χ0n) is 18.0. The van der Waals surface area contributed by atoms with Crippen LogP contribution in [-0.2, 0) is 19.1 Å². The SMILES string of the molecule is C=C(C)C(=O)OCC(CO)(CO)CO.O=C(O)CCCCCCCCCCC(=O)O.[NaH]. The van der Waals surface area contributed by atoms with Crippen molar-refractivity contribution in [2.75, 3.05) is 26.4 Å². The van der Waals surface area contributed by atoms with Crippen molar-refractivity contribution in [2.45, 2.75) is 71.1 Å². The first-order chi connectivity index (χ1) is 14.1. The number of carboxylic acids is 2. The molecule has 0 atom stereocenters. The summed E-state index contributed by atoms with van der Waals surface area (Å²) in [5.41, 5.74) is -0.946. The molecule has 5 N–H and O–H groups in total. The average Bonchev–Trinajstić information content (AvgIpc) is 2.70. The van der Waals surface area contributed by atoms with E-state index in [0.717, 1.165) is 51.4 Å². The zero-order chi connectivity index (χ0) is 23.4. The Morgan fingerprint density at radius 1 is 0.742 bits per heavy atom. The number of hydrogen-bond acceptors (Lipinski definition) is 7. The van der Waals surface area contributed by atoms with E-state index in [4.69, 9.17) is 30.3 Å². The van der Waals surface area contributed by atoms with Crippen molar-refractivity contribution in [2.24, 2.45) is 5.41 Å². The summed E-state index contributed by atoms with van der Waals surface area (Å²) in [6, 6.07) is 0. The van der Waals surface area contributed by atoms with Crippen molar-refractivity contribution in [1.29, 1.82) is 0 Å². The van der Waals surface area contributed by atoms with Gasteiger partial charge >= 0.3 is 47.5 Å². The van der Waals surface area contributed by atoms with Crippen LogP contribution in [0.5, 0.6) is 0 Å². The number of carbonyl (C=O) groups excluding carboxylic acids is 1. The van der Waals surface area contributed by atoms with Gasteiger partial charge in [-0.2, -0.15) is 0 Å². The Kier molecular flexibility index (Phi) is 24.8. The molecule has 0 saturated carbocycles. The Morgan fingerprint density at radius 2 is 1.06 bits per heavy atom. The fourth-order valence-corrected chi connectivity index (χ4v) is 2.24. The predicted molar refractivity (Wildman–Crippen MR) is 118 cm³/mol. The zero-order valence-corrected chi connectivity index (χ0v) is 18.0. The van der Waals surface area contributed by atoms with Gasteiger partial charge in [0.25, 0.3) is 0 Å². The van der Waals surface area contributed by atoms with E-state index in [1.807, 2.05) is 0 Å². The van der Waals surface area contributed by atoms with Gasteiger partial charge in [-0.25, -0.2) is 4.79 Å². The summed E-state index contributed by atoms with van der Waals surface area (Å²) in [4.78, 5) is 31.4. The summed E-state index contributed by atoms with van der Waals surface area (Å²) >= 11 is 0. The number of aliphatic hydroxyl groups excluding tert-OH is 3. The van der Waals surface area contributed by atoms with Crippen LogP contribution >= 0.6 is 0 Å². The molecular formula is C21H39NaO9. The molecule has 31 heavy (non-hydrogen) atoms. The number of aliphatic carboxylic acids is 2. The van der Waals surface area contributed by atoms with Gasteiger partial charge in [-0.3, -0.25) is 9.59 Å². The fourth-order valence-electron chi connectivity index (χ4n) is 2.24. The van der Waals surface area contributed by atoms with Crippen LogP contribution in [0.4, 0.5) is 0 Å². The van der Waals surface area contributed by atoms with Crippen molar-refractivity contribution < 1.29 is 44.7 Å². The summed E-state index contributed by atoms with van der Waals surface area (Å²) in [5.74, 6) is -2.04. The second kappa shape index (κ2) is 22.2. The standard InChI is InChI=1S/C12H22O4.C9H16O5.Na.H/c13-11(14)9-7-5-3-1-2-4-6-8-10-12(15)16;1-7(2)8(13)14-6-9(3-10,4-11)5-12;;/h1-10H2,(H,13,14)(H,15,16);10-12H,1,3-6H2,2H3;;. The molecule has 178 valence electrons. The molecule has 9 nitrogen and oxygen atoms in total. The third kappa shape index (κ3) is 22.0. The van der Waals surface area contributed by atoms with E-state index in [1.165, 1.54) is 6.92 Å². The molecule has 0 unspecified atom stereocenters. The molecule has 0 amide bonds. The van der Waals surface area contributed by atoms with Crippen molar-refractivity contribution in [3.05, 3.63) is 12.2 Å². The maximum atomic E-state index is 11.0. The Morgan fingerprint density at radius 3 is 1.32 bits per heavy atom. The fraction of sp³-hybridized carbons (Fsp3) is 0.762. The first-order valence-electron chi connectivity index (χ1n) is 10.2. The molecule has 0 heterocycles. The molecule has 10 heteroatoms. The topological polar surface area (TPSA) is 162 Å². The molecule has 0 aliphatic heterocycles. The minimum atomic E-state index is -1.18. The molecule has 0 aliphatic carbocycles. The van der Waals surface area contributed by atoms with Crippen molar-refractivity contribution in [1.82, 2.24) is 0 Å². The van der Waals surface area contributed by atoms with Gasteiger partial charge in [0, 0.05) is 18.4 Å². The van der Waals surface area contributed by atoms with Crippen LogP contribution in [0.15, 0.2) is 12.2 Å². The van der Waals surface area contributed by atoms with Gasteiger partial charge in [-0.05, 0) is 19.8 Å². The Bertz CT molecular complexity index is 475. The van der Waals surface area contributed by atoms with E-state index in [9.17, 15) is 14.4 Å². The molecule has 0 radical (unpaired) electrons. The van der Waals surface area contributed by atoms with Crippen LogP contribution in [0.1, 0.15) is 71.1 Å². The molecule has 0 aliphatic rings. The van der Waals surface area contributed by atoms with Crippen LogP contribution in [0.25, 0.3) is 0 Å². The van der Waals surface area contributed by atoms with Crippen LogP contribution in [-0.4, -0.2) is 99.4 Å². The summed E-state index contributed by atoms with van der Waals surface area (Å²) < 4.78 is 4.72. The molecule has 0 bridgehead atoms. The minimum absolute atomic E-state index is 0. The van der Waals surface area contributed by atoms with Crippen molar-refractivity contribution in [3.63, 3.8) is 0 Å². The monoisotopic (exact) mass is 458 g/mol. The van der Waals surface area contributed by atoms with Crippen LogP contribution in [0.3, 0.4) is 0 Å². The molecule has 0 aromatic heterocycles. The van der Waals surface area contributed by atoms with E-state index >= 15 is 0 Å². The van der Waals surface area contributed by atoms with Gasteiger partial charge in [0.05, 0.1) is 25.2 Å². The number of ether oxygens (including phenoxy) is 1. The first-order valence-corrected chi connectivity index (χ1v) is 10.2. The van der Waals surface area contributed by atoms with Gasteiger partial charge in [0.15, 0.2) is 0 Å². The molecular weight excluding hydrogens is 419 g/mol. The van der Waals surface area contributed by atoms with Crippen LogP contribution in [0.2, 0.25) is 0 Å². The number of aliphatic hydroxyl groups is 3. The Labute approximate surface area is 206 Å². The molecule has 0 aromatic carbocycles. The van der Waals surface area contributed by atoms with Gasteiger partial charge in [0.1, 0.15) is 6.61 Å². The first kappa shape index (κ1) is 34.6. The summed E-state index contributed by atoms with van der Waals surface area (Å²) in [5, 5.41) is 43.5. The van der Waals surface area contributed by atoms with E-state index < -0.39 is 43.1 Å². The second-order valence-corrected chi connectivity index (χ2v) is 7.45. The van der Waals surface area contributed by atoms with Crippen molar-refractivity contribution in [3.8, 4) is 0 Å². The summed E-state index contributed by atoms with van der Waals surface area (Å²) in [7, 11) is 0. The molecule has 0 fully saturated rings. The molecule has 0 saturated heterocycles. The van der Waals surface area contributed by atoms with Gasteiger partial charge in [0.2, 0.25) is 0 Å². The number of unbranched alkanes of at least 4 members (excludes halogenated alkanes) is 7. The number of hydrogen-bond donors (Lipinski definition) is 5. The van der Waals surface area contributed by atoms with E-state index in [2.05, 4.69) is 6.58 Å². The van der Waals surface area contributed by atoms with Gasteiger partial charge in [-0.15, -0.1) is 0 Å². The molecule has 0 spiro atoms. The number of rotatable bonds is 17. The van der Waals surface area contributed by atoms with Gasteiger partial charge in [-0.1, -0.05) is 45.1 Å².